The van der Waals surface area contributed by atoms with Gasteiger partial charge < -0.3 is 9.47 Å². The van der Waals surface area contributed by atoms with Gasteiger partial charge in [-0.2, -0.15) is 9.97 Å². The highest BCUT2D eigenvalue weighted by Gasteiger charge is 2.11. The summed E-state index contributed by atoms with van der Waals surface area (Å²) in [5.41, 5.74) is 0.461. The fourth-order valence-electron chi connectivity index (χ4n) is 1.35. The molecule has 0 radical (unpaired) electrons. The zero-order valence-electron chi connectivity index (χ0n) is 10.4. The van der Waals surface area contributed by atoms with Crippen LogP contribution < -0.4 is 9.47 Å². The van der Waals surface area contributed by atoms with Gasteiger partial charge in [-0.05, 0) is 37.1 Å². The average molecular weight is 284 g/mol. The monoisotopic (exact) mass is 283 g/mol. The number of aromatic nitrogens is 3. The van der Waals surface area contributed by atoms with Crippen molar-refractivity contribution in [3.63, 3.8) is 0 Å². The zero-order chi connectivity index (χ0) is 13.8. The highest BCUT2D eigenvalue weighted by atomic mass is 35.5. The van der Waals surface area contributed by atoms with Crippen LogP contribution in [0.3, 0.4) is 0 Å². The number of benzene rings is 1. The Morgan fingerprint density at radius 2 is 1.95 bits per heavy atom. The van der Waals surface area contributed by atoms with Gasteiger partial charge in [-0.3, -0.25) is 0 Å². The lowest BCUT2D eigenvalue weighted by atomic mass is 10.2. The first-order valence-corrected chi connectivity index (χ1v) is 5.95. The molecule has 2 aromatic rings. The second-order valence-corrected chi connectivity index (χ2v) is 3.93. The van der Waals surface area contributed by atoms with Crippen molar-refractivity contribution in [2.75, 3.05) is 6.61 Å². The van der Waals surface area contributed by atoms with Gasteiger partial charge in [0, 0.05) is 0 Å². The number of hydrogen-bond donors (Lipinski definition) is 0. The molecule has 0 N–H and O–H groups in total. The van der Waals surface area contributed by atoms with E-state index in [9.17, 15) is 4.39 Å². The number of nitrogens with zero attached hydrogens (tertiary/aromatic N) is 3. The van der Waals surface area contributed by atoms with Crippen molar-refractivity contribution in [1.82, 2.24) is 15.0 Å². The van der Waals surface area contributed by atoms with Crippen LogP contribution in [0.1, 0.15) is 12.5 Å². The van der Waals surface area contributed by atoms with Gasteiger partial charge in [-0.25, -0.2) is 4.39 Å². The Kier molecular flexibility index (Phi) is 4.11. The number of hydrogen-bond acceptors (Lipinski definition) is 5. The van der Waals surface area contributed by atoms with E-state index in [-0.39, 0.29) is 23.1 Å². The summed E-state index contributed by atoms with van der Waals surface area (Å²) < 4.78 is 24.1. The number of rotatable bonds is 4. The summed E-state index contributed by atoms with van der Waals surface area (Å²) in [5, 5.41) is -0.0819. The zero-order valence-corrected chi connectivity index (χ0v) is 11.1. The van der Waals surface area contributed by atoms with E-state index in [1.807, 2.05) is 0 Å². The third kappa shape index (κ3) is 3.29. The molecule has 2 rings (SSSR count). The van der Waals surface area contributed by atoms with Crippen molar-refractivity contribution in [3.05, 3.63) is 34.9 Å². The molecule has 0 aliphatic heterocycles. The van der Waals surface area contributed by atoms with Crippen LogP contribution in [-0.2, 0) is 0 Å². The van der Waals surface area contributed by atoms with Crippen molar-refractivity contribution < 1.29 is 13.9 Å². The maximum absolute atomic E-state index is 13.8. The van der Waals surface area contributed by atoms with Crippen molar-refractivity contribution in [1.29, 1.82) is 0 Å². The minimum atomic E-state index is -0.475. The Labute approximate surface area is 114 Å². The molecular formula is C12H11ClFN3O2. The van der Waals surface area contributed by atoms with Gasteiger partial charge in [0.25, 0.3) is 0 Å². The van der Waals surface area contributed by atoms with Crippen LogP contribution in [-0.4, -0.2) is 21.6 Å². The molecule has 0 saturated heterocycles. The topological polar surface area (TPSA) is 57.1 Å². The first-order chi connectivity index (χ1) is 9.10. The Hall–Kier alpha value is -1.95. The minimum absolute atomic E-state index is 0.0183. The maximum atomic E-state index is 13.8. The summed E-state index contributed by atoms with van der Waals surface area (Å²) in [6.07, 6.45) is 0. The molecule has 0 atom stereocenters. The minimum Gasteiger partial charge on any atom is -0.464 e. The standard InChI is InChI=1S/C12H11ClFN3O2/c1-3-18-11-15-10(13)16-12(17-11)19-8-6-4-5-7(2)9(8)14/h4-6H,3H2,1-2H3. The fraction of sp³-hybridized carbons (Fsp3) is 0.250. The van der Waals surface area contributed by atoms with Gasteiger partial charge in [-0.15, -0.1) is 4.98 Å². The number of ether oxygens (including phenoxy) is 2. The summed E-state index contributed by atoms with van der Waals surface area (Å²) in [6, 6.07) is 4.69. The first-order valence-electron chi connectivity index (χ1n) is 5.57. The highest BCUT2D eigenvalue weighted by molar-refractivity contribution is 6.28. The summed E-state index contributed by atoms with van der Waals surface area (Å²) in [7, 11) is 0. The van der Waals surface area contributed by atoms with E-state index in [0.717, 1.165) is 0 Å². The molecule has 19 heavy (non-hydrogen) atoms. The summed E-state index contributed by atoms with van der Waals surface area (Å²) in [6.45, 7) is 3.78. The quantitative estimate of drug-likeness (QED) is 0.862. The van der Waals surface area contributed by atoms with Crippen LogP contribution in [0, 0.1) is 12.7 Å². The fourth-order valence-corrected chi connectivity index (χ4v) is 1.50. The smallest absolute Gasteiger partial charge is 0.329 e. The number of halogens is 2. The molecule has 0 amide bonds. The predicted octanol–water partition coefficient (Wildman–Crippen LogP) is 3.16. The van der Waals surface area contributed by atoms with E-state index >= 15 is 0 Å². The lowest BCUT2D eigenvalue weighted by Gasteiger charge is -2.07. The van der Waals surface area contributed by atoms with Crippen molar-refractivity contribution in [3.8, 4) is 17.8 Å². The van der Waals surface area contributed by atoms with Crippen LogP contribution in [0.4, 0.5) is 4.39 Å². The SMILES string of the molecule is CCOc1nc(Cl)nc(Oc2cccc(C)c2F)n1. The van der Waals surface area contributed by atoms with Gasteiger partial charge in [0.1, 0.15) is 0 Å². The Bertz CT molecular complexity index is 595. The molecule has 0 aliphatic rings. The molecular weight excluding hydrogens is 273 g/mol. The third-order valence-electron chi connectivity index (χ3n) is 2.20. The molecule has 100 valence electrons. The predicted molar refractivity (Wildman–Crippen MR) is 67.2 cm³/mol. The van der Waals surface area contributed by atoms with Crippen LogP contribution in [0.15, 0.2) is 18.2 Å². The van der Waals surface area contributed by atoms with Crippen molar-refractivity contribution in [2.24, 2.45) is 0 Å². The molecule has 0 aliphatic carbocycles. The number of aryl methyl sites for hydroxylation is 1. The van der Waals surface area contributed by atoms with E-state index in [0.29, 0.717) is 12.2 Å². The Morgan fingerprint density at radius 1 is 1.21 bits per heavy atom. The van der Waals surface area contributed by atoms with Gasteiger partial charge in [0.2, 0.25) is 5.28 Å². The molecule has 1 aromatic heterocycles. The molecule has 7 heteroatoms. The van der Waals surface area contributed by atoms with Crippen LogP contribution >= 0.6 is 11.6 Å². The second-order valence-electron chi connectivity index (χ2n) is 3.59. The molecule has 5 nitrogen and oxygen atoms in total. The van der Waals surface area contributed by atoms with Crippen LogP contribution in [0.2, 0.25) is 5.28 Å². The van der Waals surface area contributed by atoms with E-state index in [2.05, 4.69) is 15.0 Å². The Morgan fingerprint density at radius 3 is 2.68 bits per heavy atom. The maximum Gasteiger partial charge on any atom is 0.329 e. The molecule has 1 aromatic carbocycles. The molecule has 0 spiro atoms. The van der Waals surface area contributed by atoms with Gasteiger partial charge in [0.05, 0.1) is 6.61 Å². The summed E-state index contributed by atoms with van der Waals surface area (Å²) >= 11 is 5.71. The summed E-state index contributed by atoms with van der Waals surface area (Å²) in [4.78, 5) is 11.4. The van der Waals surface area contributed by atoms with Crippen LogP contribution in [0.5, 0.6) is 17.8 Å². The summed E-state index contributed by atoms with van der Waals surface area (Å²) in [5.74, 6) is -0.457. The van der Waals surface area contributed by atoms with E-state index in [1.165, 1.54) is 6.07 Å². The normalized spacial score (nSPS) is 10.3. The lowest BCUT2D eigenvalue weighted by molar-refractivity contribution is 0.301. The average Bonchev–Trinajstić information content (AvgIpc) is 2.35. The Balaban J connectivity index is 2.30. The molecule has 0 fully saturated rings. The molecule has 1 heterocycles. The highest BCUT2D eigenvalue weighted by Crippen LogP contribution is 2.25. The van der Waals surface area contributed by atoms with Crippen molar-refractivity contribution in [2.45, 2.75) is 13.8 Å². The lowest BCUT2D eigenvalue weighted by Crippen LogP contribution is -2.02. The third-order valence-corrected chi connectivity index (χ3v) is 2.37. The van der Waals surface area contributed by atoms with Gasteiger partial charge in [0.15, 0.2) is 11.6 Å². The van der Waals surface area contributed by atoms with Crippen LogP contribution in [0.25, 0.3) is 0 Å². The molecule has 0 bridgehead atoms. The van der Waals surface area contributed by atoms with Gasteiger partial charge in [-0.1, -0.05) is 12.1 Å². The first kappa shape index (κ1) is 13.5. The largest absolute Gasteiger partial charge is 0.464 e. The van der Waals surface area contributed by atoms with E-state index in [1.54, 1.807) is 26.0 Å². The molecule has 0 saturated carbocycles. The van der Waals surface area contributed by atoms with Gasteiger partial charge >= 0.3 is 12.0 Å². The van der Waals surface area contributed by atoms with E-state index in [4.69, 9.17) is 21.1 Å². The van der Waals surface area contributed by atoms with Crippen molar-refractivity contribution >= 4 is 11.6 Å². The molecule has 0 unspecified atom stereocenters. The van der Waals surface area contributed by atoms with E-state index < -0.39 is 5.82 Å². The second kappa shape index (κ2) is 5.79.